The molecule has 0 bridgehead atoms. The van der Waals surface area contributed by atoms with Gasteiger partial charge >= 0.3 is 11.9 Å². The van der Waals surface area contributed by atoms with Gasteiger partial charge in [0.1, 0.15) is 6.04 Å². The Labute approximate surface area is 140 Å². The van der Waals surface area contributed by atoms with E-state index in [1.54, 1.807) is 0 Å². The van der Waals surface area contributed by atoms with E-state index in [1.807, 2.05) is 0 Å². The maximum atomic E-state index is 9.99. The number of nitrogens with two attached hydrogens (primary N) is 1. The Morgan fingerprint density at radius 2 is 1.30 bits per heavy atom. The molecule has 0 amide bonds. The highest BCUT2D eigenvalue weighted by Crippen LogP contribution is 2.10. The normalized spacial score (nSPS) is 11.4. The van der Waals surface area contributed by atoms with Crippen LogP contribution >= 0.6 is 0 Å². The summed E-state index contributed by atoms with van der Waals surface area (Å²) in [5, 5.41) is 24.8. The van der Waals surface area contributed by atoms with Crippen LogP contribution in [0.5, 0.6) is 0 Å². The Morgan fingerprint density at radius 1 is 0.870 bits per heavy atom. The van der Waals surface area contributed by atoms with Gasteiger partial charge < -0.3 is 21.1 Å². The molecule has 0 aromatic heterocycles. The van der Waals surface area contributed by atoms with Crippen molar-refractivity contribution >= 4 is 11.9 Å². The van der Waals surface area contributed by atoms with E-state index >= 15 is 0 Å². The van der Waals surface area contributed by atoms with Crippen LogP contribution in [0.15, 0.2) is 0 Å². The van der Waals surface area contributed by atoms with Crippen LogP contribution in [0.1, 0.15) is 84.0 Å². The fraction of sp³-hybridized carbons (Fsp3) is 0.882. The predicted molar refractivity (Wildman–Crippen MR) is 91.4 cm³/mol. The summed E-state index contributed by atoms with van der Waals surface area (Å²) in [6.07, 6.45) is 13.1. The van der Waals surface area contributed by atoms with Crippen molar-refractivity contribution < 1.29 is 24.9 Å². The van der Waals surface area contributed by atoms with E-state index in [-0.39, 0.29) is 12.8 Å². The van der Waals surface area contributed by atoms with Crippen LogP contribution in [0.3, 0.4) is 0 Å². The summed E-state index contributed by atoms with van der Waals surface area (Å²) in [7, 11) is 0. The van der Waals surface area contributed by atoms with Crippen LogP contribution in [0.25, 0.3) is 0 Å². The molecule has 0 aromatic rings. The quantitative estimate of drug-likeness (QED) is 0.362. The Balaban J connectivity index is 0. The summed E-state index contributed by atoms with van der Waals surface area (Å²) in [5.74, 6) is -2.20. The van der Waals surface area contributed by atoms with Crippen LogP contribution in [-0.4, -0.2) is 39.9 Å². The van der Waals surface area contributed by atoms with Crippen LogP contribution < -0.4 is 5.73 Å². The second kappa shape index (κ2) is 18.9. The van der Waals surface area contributed by atoms with Crippen LogP contribution in [-0.2, 0) is 9.59 Å². The average Bonchev–Trinajstić information content (AvgIpc) is 2.51. The van der Waals surface area contributed by atoms with Crippen LogP contribution in [0.2, 0.25) is 0 Å². The average molecular weight is 333 g/mol. The molecule has 1 atom stereocenters. The summed E-state index contributed by atoms with van der Waals surface area (Å²) in [5.41, 5.74) is 5.00. The number of aliphatic carboxylic acids is 2. The highest BCUT2D eigenvalue weighted by atomic mass is 16.4. The molecule has 138 valence electrons. The monoisotopic (exact) mass is 333 g/mol. The number of hydrogen-bond donors (Lipinski definition) is 4. The van der Waals surface area contributed by atoms with Gasteiger partial charge in [-0.25, -0.2) is 0 Å². The number of hydrogen-bond acceptors (Lipinski definition) is 4. The van der Waals surface area contributed by atoms with Gasteiger partial charge in [0, 0.05) is 13.0 Å². The Kier molecular flexibility index (Phi) is 19.8. The summed E-state index contributed by atoms with van der Waals surface area (Å²) in [4.78, 5) is 19.9. The lowest BCUT2D eigenvalue weighted by Gasteiger charge is -2.01. The summed E-state index contributed by atoms with van der Waals surface area (Å²) >= 11 is 0. The van der Waals surface area contributed by atoms with Gasteiger partial charge in [0.2, 0.25) is 0 Å². The van der Waals surface area contributed by atoms with Gasteiger partial charge in [0.25, 0.3) is 0 Å². The molecular formula is C17H35NO5. The molecule has 0 saturated carbocycles. The fourth-order valence-electron chi connectivity index (χ4n) is 2.00. The van der Waals surface area contributed by atoms with Gasteiger partial charge in [-0.15, -0.1) is 0 Å². The van der Waals surface area contributed by atoms with E-state index in [2.05, 4.69) is 6.92 Å². The fourth-order valence-corrected chi connectivity index (χ4v) is 2.00. The molecule has 0 aliphatic carbocycles. The van der Waals surface area contributed by atoms with Gasteiger partial charge in [0.15, 0.2) is 0 Å². The number of aliphatic hydroxyl groups excluding tert-OH is 1. The zero-order valence-electron chi connectivity index (χ0n) is 14.5. The van der Waals surface area contributed by atoms with Crippen molar-refractivity contribution in [1.82, 2.24) is 0 Å². The summed E-state index contributed by atoms with van der Waals surface area (Å²) in [6, 6.07) is -1.06. The van der Waals surface area contributed by atoms with Crippen molar-refractivity contribution in [2.45, 2.75) is 90.0 Å². The van der Waals surface area contributed by atoms with E-state index in [4.69, 9.17) is 21.1 Å². The molecule has 1 unspecified atom stereocenters. The first-order valence-corrected chi connectivity index (χ1v) is 8.76. The van der Waals surface area contributed by atoms with E-state index in [0.29, 0.717) is 6.61 Å². The van der Waals surface area contributed by atoms with Crippen molar-refractivity contribution in [2.75, 3.05) is 6.61 Å². The third kappa shape index (κ3) is 23.3. The topological polar surface area (TPSA) is 121 Å². The first-order chi connectivity index (χ1) is 11.0. The lowest BCUT2D eigenvalue weighted by atomic mass is 10.1. The van der Waals surface area contributed by atoms with Gasteiger partial charge in [-0.2, -0.15) is 0 Å². The Hall–Kier alpha value is -1.14. The number of rotatable bonds is 14. The minimum Gasteiger partial charge on any atom is -0.481 e. The molecule has 0 spiro atoms. The number of aliphatic hydroxyl groups is 1. The van der Waals surface area contributed by atoms with E-state index in [9.17, 15) is 9.59 Å². The van der Waals surface area contributed by atoms with Crippen molar-refractivity contribution in [3.63, 3.8) is 0 Å². The molecule has 5 N–H and O–H groups in total. The van der Waals surface area contributed by atoms with Crippen molar-refractivity contribution in [2.24, 2.45) is 5.73 Å². The standard InChI is InChI=1S/C12H26O.C5H9NO4/c1-2-3-4-5-6-7-8-9-10-11-12-13;6-3(5(9)10)1-2-4(7)8/h13H,2-12H2,1H3;3H,1-2,6H2,(H,7,8)(H,9,10). The SMILES string of the molecule is CCCCCCCCCCCCO.NC(CCC(=O)O)C(=O)O. The zero-order chi connectivity index (χ0) is 17.9. The maximum absolute atomic E-state index is 9.99. The molecule has 0 radical (unpaired) electrons. The summed E-state index contributed by atoms with van der Waals surface area (Å²) < 4.78 is 0. The lowest BCUT2D eigenvalue weighted by molar-refractivity contribution is -0.139. The molecule has 6 heteroatoms. The lowest BCUT2D eigenvalue weighted by Crippen LogP contribution is -2.30. The molecule has 0 rings (SSSR count). The van der Waals surface area contributed by atoms with Crippen molar-refractivity contribution in [3.05, 3.63) is 0 Å². The molecule has 6 nitrogen and oxygen atoms in total. The molecule has 0 aliphatic heterocycles. The van der Waals surface area contributed by atoms with Crippen LogP contribution in [0.4, 0.5) is 0 Å². The van der Waals surface area contributed by atoms with E-state index in [0.717, 1.165) is 6.42 Å². The molecule has 0 aliphatic rings. The third-order valence-electron chi connectivity index (χ3n) is 3.50. The Morgan fingerprint density at radius 3 is 1.65 bits per heavy atom. The van der Waals surface area contributed by atoms with Gasteiger partial charge in [-0.3, -0.25) is 9.59 Å². The van der Waals surface area contributed by atoms with Crippen LogP contribution in [0, 0.1) is 0 Å². The van der Waals surface area contributed by atoms with Crippen molar-refractivity contribution in [1.29, 1.82) is 0 Å². The smallest absolute Gasteiger partial charge is 0.320 e. The minimum atomic E-state index is -1.17. The van der Waals surface area contributed by atoms with Gasteiger partial charge in [-0.1, -0.05) is 64.7 Å². The van der Waals surface area contributed by atoms with E-state index in [1.165, 1.54) is 57.8 Å². The number of carboxylic acids is 2. The second-order valence-corrected chi connectivity index (χ2v) is 5.78. The maximum Gasteiger partial charge on any atom is 0.320 e. The first kappa shape index (κ1) is 24.1. The first-order valence-electron chi connectivity index (χ1n) is 8.76. The minimum absolute atomic E-state index is 0.0231. The highest BCUT2D eigenvalue weighted by molar-refractivity contribution is 5.74. The second-order valence-electron chi connectivity index (χ2n) is 5.78. The molecule has 23 heavy (non-hydrogen) atoms. The molecule has 0 heterocycles. The van der Waals surface area contributed by atoms with E-state index < -0.39 is 18.0 Å². The number of carbonyl (C=O) groups is 2. The van der Waals surface area contributed by atoms with Gasteiger partial charge in [0.05, 0.1) is 0 Å². The number of unbranched alkanes of at least 4 members (excludes halogenated alkanes) is 9. The predicted octanol–water partition coefficient (Wildman–Crippen LogP) is 3.16. The highest BCUT2D eigenvalue weighted by Gasteiger charge is 2.12. The van der Waals surface area contributed by atoms with Gasteiger partial charge in [-0.05, 0) is 12.8 Å². The molecule has 0 saturated heterocycles. The largest absolute Gasteiger partial charge is 0.481 e. The summed E-state index contributed by atoms with van der Waals surface area (Å²) in [6.45, 7) is 2.63. The number of carboxylic acid groups (broad SMARTS) is 2. The third-order valence-corrected chi connectivity index (χ3v) is 3.50. The molecule has 0 fully saturated rings. The van der Waals surface area contributed by atoms with Crippen molar-refractivity contribution in [3.8, 4) is 0 Å². The molecule has 0 aromatic carbocycles. The zero-order valence-corrected chi connectivity index (χ0v) is 14.5. The molecular weight excluding hydrogens is 298 g/mol. The Bertz CT molecular complexity index is 274.